The SMILES string of the molecule is CCCCCCCCC(/C=C(/O[SiH](C)C)C1CCCC(O)(CC(=O)OCC)C1)C(C)(C)C. The lowest BCUT2D eigenvalue weighted by Crippen LogP contribution is -2.39. The van der Waals surface area contributed by atoms with Crippen molar-refractivity contribution in [2.75, 3.05) is 6.61 Å². The Kier molecular flexibility index (Phi) is 13.2. The number of rotatable bonds is 14. The molecule has 5 heteroatoms. The molecule has 0 aliphatic heterocycles. The largest absolute Gasteiger partial charge is 0.550 e. The molecule has 188 valence electrons. The molecule has 32 heavy (non-hydrogen) atoms. The Morgan fingerprint density at radius 3 is 2.41 bits per heavy atom. The van der Waals surface area contributed by atoms with Crippen LogP contribution in [0.3, 0.4) is 0 Å². The highest BCUT2D eigenvalue weighted by atomic mass is 28.3. The molecule has 0 spiro atoms. The molecule has 1 aliphatic rings. The van der Waals surface area contributed by atoms with Crippen LogP contribution in [0.25, 0.3) is 0 Å². The molecule has 0 saturated heterocycles. The second kappa shape index (κ2) is 14.4. The van der Waals surface area contributed by atoms with Crippen LogP contribution in [0.1, 0.15) is 112 Å². The van der Waals surface area contributed by atoms with Gasteiger partial charge in [-0.2, -0.15) is 0 Å². The molecule has 1 fully saturated rings. The third-order valence-corrected chi connectivity index (χ3v) is 7.46. The summed E-state index contributed by atoms with van der Waals surface area (Å²) in [6.45, 7) is 15.8. The minimum atomic E-state index is -1.28. The monoisotopic (exact) mass is 468 g/mol. The van der Waals surface area contributed by atoms with Crippen molar-refractivity contribution in [3.05, 3.63) is 11.8 Å². The van der Waals surface area contributed by atoms with E-state index in [0.717, 1.165) is 18.6 Å². The fourth-order valence-electron chi connectivity index (χ4n) is 4.88. The lowest BCUT2D eigenvalue weighted by molar-refractivity contribution is -0.150. The van der Waals surface area contributed by atoms with E-state index in [1.807, 2.05) is 6.92 Å². The number of carbonyl (C=O) groups excluding carboxylic acids is 1. The van der Waals surface area contributed by atoms with Gasteiger partial charge >= 0.3 is 5.97 Å². The number of hydrogen-bond acceptors (Lipinski definition) is 4. The molecule has 4 nitrogen and oxygen atoms in total. The molecule has 0 heterocycles. The van der Waals surface area contributed by atoms with Crippen molar-refractivity contribution in [1.82, 2.24) is 0 Å². The molecule has 0 aromatic heterocycles. The van der Waals surface area contributed by atoms with Crippen LogP contribution in [0, 0.1) is 17.3 Å². The van der Waals surface area contributed by atoms with E-state index >= 15 is 0 Å². The van der Waals surface area contributed by atoms with Crippen molar-refractivity contribution in [2.24, 2.45) is 17.3 Å². The molecule has 1 saturated carbocycles. The van der Waals surface area contributed by atoms with Crippen molar-refractivity contribution >= 4 is 15.0 Å². The van der Waals surface area contributed by atoms with Gasteiger partial charge in [-0.3, -0.25) is 4.79 Å². The average Bonchev–Trinajstić information content (AvgIpc) is 2.67. The number of allylic oxidation sites excluding steroid dienone is 2. The maximum Gasteiger partial charge on any atom is 0.308 e. The molecule has 0 amide bonds. The number of carbonyl (C=O) groups is 1. The summed E-state index contributed by atoms with van der Waals surface area (Å²) in [5.41, 5.74) is -0.806. The highest BCUT2D eigenvalue weighted by molar-refractivity contribution is 6.48. The highest BCUT2D eigenvalue weighted by Gasteiger charge is 2.39. The van der Waals surface area contributed by atoms with Crippen LogP contribution in [-0.4, -0.2) is 32.3 Å². The Morgan fingerprint density at radius 1 is 1.16 bits per heavy atom. The van der Waals surface area contributed by atoms with Crippen LogP contribution >= 0.6 is 0 Å². The first-order valence-electron chi connectivity index (χ1n) is 13.3. The van der Waals surface area contributed by atoms with Gasteiger partial charge in [-0.05, 0) is 69.5 Å². The predicted octanol–water partition coefficient (Wildman–Crippen LogP) is 7.16. The lowest BCUT2D eigenvalue weighted by Gasteiger charge is -2.38. The zero-order valence-electron chi connectivity index (χ0n) is 22.2. The summed E-state index contributed by atoms with van der Waals surface area (Å²) in [4.78, 5) is 12.1. The van der Waals surface area contributed by atoms with Crippen LogP contribution in [-0.2, 0) is 14.0 Å². The first-order chi connectivity index (χ1) is 15.0. The Morgan fingerprint density at radius 2 is 1.81 bits per heavy atom. The zero-order valence-corrected chi connectivity index (χ0v) is 23.3. The molecule has 1 rings (SSSR count). The summed E-state index contributed by atoms with van der Waals surface area (Å²) in [5, 5.41) is 11.2. The van der Waals surface area contributed by atoms with E-state index in [1.165, 1.54) is 44.9 Å². The zero-order chi connectivity index (χ0) is 24.2. The number of hydrogen-bond donors (Lipinski definition) is 1. The Bertz CT molecular complexity index is 566. The second-order valence-electron chi connectivity index (χ2n) is 11.3. The van der Waals surface area contributed by atoms with Gasteiger partial charge in [0.2, 0.25) is 9.04 Å². The quantitative estimate of drug-likeness (QED) is 0.127. The summed E-state index contributed by atoms with van der Waals surface area (Å²) in [6.07, 6.45) is 14.7. The topological polar surface area (TPSA) is 55.8 Å². The van der Waals surface area contributed by atoms with Gasteiger partial charge in [0.15, 0.2) is 0 Å². The van der Waals surface area contributed by atoms with Crippen LogP contribution < -0.4 is 0 Å². The van der Waals surface area contributed by atoms with Gasteiger partial charge in [-0.25, -0.2) is 0 Å². The second-order valence-corrected chi connectivity index (χ2v) is 13.6. The smallest absolute Gasteiger partial charge is 0.308 e. The summed E-state index contributed by atoms with van der Waals surface area (Å²) >= 11 is 0. The fraction of sp³-hybridized carbons (Fsp3) is 0.889. The van der Waals surface area contributed by atoms with Gasteiger partial charge in [0.05, 0.1) is 24.4 Å². The van der Waals surface area contributed by atoms with E-state index in [0.29, 0.717) is 25.4 Å². The molecule has 0 aromatic carbocycles. The fourth-order valence-corrected chi connectivity index (χ4v) is 5.69. The standard InChI is InChI=1S/C27H52O4Si/c1-8-10-11-12-13-14-17-23(26(3,4)5)19-24(31-32(6)7)22-16-15-18-27(29,20-22)21-25(28)30-9-2/h19,22-23,29,32H,8-18,20-21H2,1-7H3/b24-19+. The van der Waals surface area contributed by atoms with Gasteiger partial charge < -0.3 is 14.3 Å². The Labute approximate surface area is 200 Å². The molecule has 3 atom stereocenters. The van der Waals surface area contributed by atoms with Gasteiger partial charge in [-0.15, -0.1) is 0 Å². The molecule has 1 N–H and O–H groups in total. The highest BCUT2D eigenvalue weighted by Crippen LogP contribution is 2.41. The minimum absolute atomic E-state index is 0.0875. The molecular formula is C27H52O4Si. The van der Waals surface area contributed by atoms with E-state index in [-0.39, 0.29) is 23.7 Å². The van der Waals surface area contributed by atoms with E-state index in [2.05, 4.69) is 46.9 Å². The van der Waals surface area contributed by atoms with Gasteiger partial charge in [-0.1, -0.05) is 66.2 Å². The minimum Gasteiger partial charge on any atom is -0.550 e. The van der Waals surface area contributed by atoms with Crippen LogP contribution in [0.2, 0.25) is 13.1 Å². The Balaban J connectivity index is 2.94. The van der Waals surface area contributed by atoms with Crippen molar-refractivity contribution in [2.45, 2.75) is 130 Å². The summed E-state index contributed by atoms with van der Waals surface area (Å²) < 4.78 is 11.6. The van der Waals surface area contributed by atoms with E-state index in [9.17, 15) is 9.90 Å². The van der Waals surface area contributed by atoms with Crippen molar-refractivity contribution in [3.63, 3.8) is 0 Å². The van der Waals surface area contributed by atoms with Crippen LogP contribution in [0.4, 0.5) is 0 Å². The predicted molar refractivity (Wildman–Crippen MR) is 137 cm³/mol. The summed E-state index contributed by atoms with van der Waals surface area (Å²) in [6, 6.07) is 0. The third kappa shape index (κ3) is 11.4. The third-order valence-electron chi connectivity index (χ3n) is 6.72. The molecule has 0 radical (unpaired) electrons. The van der Waals surface area contributed by atoms with Crippen molar-refractivity contribution in [3.8, 4) is 0 Å². The molecule has 3 unspecified atom stereocenters. The van der Waals surface area contributed by atoms with E-state index < -0.39 is 14.6 Å². The van der Waals surface area contributed by atoms with Gasteiger partial charge in [0.1, 0.15) is 0 Å². The van der Waals surface area contributed by atoms with E-state index in [4.69, 9.17) is 9.16 Å². The number of esters is 1. The van der Waals surface area contributed by atoms with Crippen molar-refractivity contribution in [1.29, 1.82) is 0 Å². The number of ether oxygens (including phenoxy) is 1. The number of aliphatic hydroxyl groups is 1. The van der Waals surface area contributed by atoms with E-state index in [1.54, 1.807) is 0 Å². The Hall–Kier alpha value is -0.813. The first-order valence-corrected chi connectivity index (χ1v) is 16.0. The maximum atomic E-state index is 12.1. The molecule has 0 aromatic rings. The average molecular weight is 469 g/mol. The maximum absolute atomic E-state index is 12.1. The lowest BCUT2D eigenvalue weighted by atomic mass is 9.73. The molecule has 0 bridgehead atoms. The first kappa shape index (κ1) is 29.2. The summed E-state index contributed by atoms with van der Waals surface area (Å²) in [7, 11) is -1.28. The molecule has 1 aliphatic carbocycles. The van der Waals surface area contributed by atoms with Gasteiger partial charge in [0.25, 0.3) is 0 Å². The normalized spacial score (nSPS) is 23.3. The summed E-state index contributed by atoms with van der Waals surface area (Å²) in [5.74, 6) is 1.43. The van der Waals surface area contributed by atoms with Crippen LogP contribution in [0.15, 0.2) is 11.8 Å². The van der Waals surface area contributed by atoms with Gasteiger partial charge in [0, 0.05) is 5.92 Å². The van der Waals surface area contributed by atoms with Crippen molar-refractivity contribution < 1.29 is 19.1 Å². The number of unbranched alkanes of at least 4 members (excludes halogenated alkanes) is 5. The van der Waals surface area contributed by atoms with Crippen LogP contribution in [0.5, 0.6) is 0 Å². The molecular weight excluding hydrogens is 416 g/mol.